The Hall–Kier alpha value is -2.37. The lowest BCUT2D eigenvalue weighted by atomic mass is 10.1. The topological polar surface area (TPSA) is 77.5 Å². The summed E-state index contributed by atoms with van der Waals surface area (Å²) in [5.41, 5.74) is 0.827. The van der Waals surface area contributed by atoms with E-state index in [1.165, 1.54) is 7.11 Å². The van der Waals surface area contributed by atoms with Gasteiger partial charge in [0.15, 0.2) is 0 Å². The fourth-order valence-corrected chi connectivity index (χ4v) is 1.53. The molecule has 0 bridgehead atoms. The molecule has 0 fully saturated rings. The molecule has 0 saturated heterocycles. The fourth-order valence-electron chi connectivity index (χ4n) is 1.53. The molecular weight excluding hydrogens is 272 g/mol. The zero-order valence-electron chi connectivity index (χ0n) is 12.7. The molecule has 1 amide bonds. The summed E-state index contributed by atoms with van der Waals surface area (Å²) in [6.45, 7) is 9.13. The maximum atomic E-state index is 11.6. The predicted molar refractivity (Wildman–Crippen MR) is 78.7 cm³/mol. The minimum Gasteiger partial charge on any atom is -0.464 e. The number of carbonyl (C=O) groups is 2. The van der Waals surface area contributed by atoms with Crippen LogP contribution in [0.25, 0.3) is 6.08 Å². The number of amides is 1. The Kier molecular flexibility index (Phi) is 5.46. The second-order valence-electron chi connectivity index (χ2n) is 5.28. The van der Waals surface area contributed by atoms with Crippen molar-refractivity contribution in [2.75, 3.05) is 7.11 Å². The highest BCUT2D eigenvalue weighted by Crippen LogP contribution is 2.11. The van der Waals surface area contributed by atoms with Crippen LogP contribution in [0.3, 0.4) is 0 Å². The second-order valence-corrected chi connectivity index (χ2v) is 5.28. The van der Waals surface area contributed by atoms with E-state index in [0.29, 0.717) is 5.69 Å². The van der Waals surface area contributed by atoms with Crippen LogP contribution in [0.4, 0.5) is 4.79 Å². The summed E-state index contributed by atoms with van der Waals surface area (Å²) in [5.74, 6) is -0.538. The molecule has 6 heteroatoms. The molecule has 1 heterocycles. The Morgan fingerprint density at radius 2 is 2.05 bits per heavy atom. The van der Waals surface area contributed by atoms with E-state index < -0.39 is 17.7 Å². The van der Waals surface area contributed by atoms with E-state index in [4.69, 9.17) is 4.74 Å². The van der Waals surface area contributed by atoms with Gasteiger partial charge in [0, 0.05) is 0 Å². The van der Waals surface area contributed by atoms with E-state index in [1.54, 1.807) is 39.0 Å². The summed E-state index contributed by atoms with van der Waals surface area (Å²) < 4.78 is 9.75. The minimum absolute atomic E-state index is 0.126. The first-order valence-electron chi connectivity index (χ1n) is 6.44. The number of nitrogens with one attached hydrogen (secondary N) is 1. The van der Waals surface area contributed by atoms with E-state index in [-0.39, 0.29) is 12.2 Å². The average Bonchev–Trinajstić information content (AvgIpc) is 2.42. The number of ether oxygens (including phenoxy) is 2. The summed E-state index contributed by atoms with van der Waals surface area (Å²) in [5, 5.41) is 2.59. The average molecular weight is 292 g/mol. The lowest BCUT2D eigenvalue weighted by Crippen LogP contribution is -2.32. The summed E-state index contributed by atoms with van der Waals surface area (Å²) in [6, 6.07) is 3.23. The fraction of sp³-hybridized carbons (Fsp3) is 0.400. The van der Waals surface area contributed by atoms with Gasteiger partial charge in [0.2, 0.25) is 0 Å². The first-order chi connectivity index (χ1) is 9.76. The molecule has 0 atom stereocenters. The van der Waals surface area contributed by atoms with Gasteiger partial charge in [-0.15, -0.1) is 0 Å². The number of alkyl carbamates (subject to hydrolysis) is 1. The molecule has 114 valence electrons. The molecule has 0 unspecified atom stereocenters. The Morgan fingerprint density at radius 1 is 1.38 bits per heavy atom. The number of pyridine rings is 1. The van der Waals surface area contributed by atoms with Crippen molar-refractivity contribution in [3.63, 3.8) is 0 Å². The zero-order valence-corrected chi connectivity index (χ0v) is 12.7. The van der Waals surface area contributed by atoms with Crippen molar-refractivity contribution < 1.29 is 19.1 Å². The van der Waals surface area contributed by atoms with Crippen molar-refractivity contribution in [3.05, 3.63) is 35.7 Å². The van der Waals surface area contributed by atoms with Crippen molar-refractivity contribution >= 4 is 18.1 Å². The molecule has 1 aromatic rings. The summed E-state index contributed by atoms with van der Waals surface area (Å²) in [6.07, 6.45) is 1.04. The molecule has 1 aromatic heterocycles. The van der Waals surface area contributed by atoms with Gasteiger partial charge in [0.1, 0.15) is 11.3 Å². The number of methoxy groups -OCH3 is 1. The molecule has 1 N–H and O–H groups in total. The molecule has 1 rings (SSSR count). The number of hydrogen-bond donors (Lipinski definition) is 1. The number of esters is 1. The highest BCUT2D eigenvalue weighted by Gasteiger charge is 2.17. The number of hydrogen-bond acceptors (Lipinski definition) is 5. The zero-order chi connectivity index (χ0) is 16.0. The minimum atomic E-state index is -0.577. The number of aromatic nitrogens is 1. The van der Waals surface area contributed by atoms with Crippen LogP contribution in [0.15, 0.2) is 18.7 Å². The van der Waals surface area contributed by atoms with Crippen LogP contribution >= 0.6 is 0 Å². The maximum absolute atomic E-state index is 11.6. The molecule has 0 saturated carbocycles. The number of nitrogens with zero attached hydrogens (tertiary/aromatic N) is 1. The van der Waals surface area contributed by atoms with Crippen molar-refractivity contribution in [1.82, 2.24) is 10.3 Å². The molecule has 0 aliphatic rings. The van der Waals surface area contributed by atoms with Crippen LogP contribution < -0.4 is 5.32 Å². The van der Waals surface area contributed by atoms with E-state index in [9.17, 15) is 9.59 Å². The molecule has 21 heavy (non-hydrogen) atoms. The molecule has 0 spiro atoms. The molecule has 0 aromatic carbocycles. The standard InChI is InChI=1S/C15H20N2O4/c1-6-10-7-8-11(13(18)20-5)17-12(10)9-16-14(19)21-15(2,3)4/h6-8H,1,9H2,2-5H3,(H,16,19). The van der Waals surface area contributed by atoms with Crippen molar-refractivity contribution in [1.29, 1.82) is 0 Å². The second kappa shape index (κ2) is 6.88. The van der Waals surface area contributed by atoms with Gasteiger partial charge in [-0.1, -0.05) is 18.7 Å². The van der Waals surface area contributed by atoms with Gasteiger partial charge >= 0.3 is 12.1 Å². The van der Waals surface area contributed by atoms with E-state index in [0.717, 1.165) is 5.56 Å². The third-order valence-corrected chi connectivity index (χ3v) is 2.42. The van der Waals surface area contributed by atoms with Crippen molar-refractivity contribution in [2.24, 2.45) is 0 Å². The van der Waals surface area contributed by atoms with Crippen molar-refractivity contribution in [3.8, 4) is 0 Å². The predicted octanol–water partition coefficient (Wildman–Crippen LogP) is 2.54. The largest absolute Gasteiger partial charge is 0.464 e. The lowest BCUT2D eigenvalue weighted by molar-refractivity contribution is 0.0522. The Morgan fingerprint density at radius 3 is 2.57 bits per heavy atom. The lowest BCUT2D eigenvalue weighted by Gasteiger charge is -2.19. The van der Waals surface area contributed by atoms with Crippen LogP contribution in [0.5, 0.6) is 0 Å². The monoisotopic (exact) mass is 292 g/mol. The van der Waals surface area contributed by atoms with Crippen LogP contribution in [0.2, 0.25) is 0 Å². The molecule has 0 radical (unpaired) electrons. The van der Waals surface area contributed by atoms with Gasteiger partial charge in [-0.2, -0.15) is 0 Å². The van der Waals surface area contributed by atoms with Crippen molar-refractivity contribution in [2.45, 2.75) is 32.9 Å². The Labute approximate surface area is 124 Å². The molecule has 6 nitrogen and oxygen atoms in total. The molecule has 0 aliphatic heterocycles. The smallest absolute Gasteiger partial charge is 0.407 e. The van der Waals surface area contributed by atoms with Gasteiger partial charge in [-0.05, 0) is 32.4 Å². The summed E-state index contributed by atoms with van der Waals surface area (Å²) >= 11 is 0. The number of rotatable bonds is 4. The summed E-state index contributed by atoms with van der Waals surface area (Å²) in [7, 11) is 1.28. The SMILES string of the molecule is C=Cc1ccc(C(=O)OC)nc1CNC(=O)OC(C)(C)C. The maximum Gasteiger partial charge on any atom is 0.407 e. The first kappa shape index (κ1) is 16.7. The van der Waals surface area contributed by atoms with Gasteiger partial charge in [-0.25, -0.2) is 14.6 Å². The van der Waals surface area contributed by atoms with E-state index >= 15 is 0 Å². The van der Waals surface area contributed by atoms with E-state index in [2.05, 4.69) is 21.6 Å². The van der Waals surface area contributed by atoms with Crippen LogP contribution in [0, 0.1) is 0 Å². The normalized spacial score (nSPS) is 10.7. The first-order valence-corrected chi connectivity index (χ1v) is 6.44. The highest BCUT2D eigenvalue weighted by molar-refractivity contribution is 5.87. The third kappa shape index (κ3) is 5.25. The highest BCUT2D eigenvalue weighted by atomic mass is 16.6. The molecule has 0 aliphatic carbocycles. The number of carbonyl (C=O) groups excluding carboxylic acids is 2. The quantitative estimate of drug-likeness (QED) is 0.863. The van der Waals surface area contributed by atoms with Gasteiger partial charge in [-0.3, -0.25) is 0 Å². The van der Waals surface area contributed by atoms with Gasteiger partial charge in [0.25, 0.3) is 0 Å². The van der Waals surface area contributed by atoms with E-state index in [1.807, 2.05) is 0 Å². The van der Waals surface area contributed by atoms with Crippen LogP contribution in [0.1, 0.15) is 42.5 Å². The third-order valence-electron chi connectivity index (χ3n) is 2.42. The Balaban J connectivity index is 2.83. The summed E-state index contributed by atoms with van der Waals surface area (Å²) in [4.78, 5) is 27.3. The van der Waals surface area contributed by atoms with Crippen LogP contribution in [-0.2, 0) is 16.0 Å². The van der Waals surface area contributed by atoms with Gasteiger partial charge in [0.05, 0.1) is 19.3 Å². The Bertz CT molecular complexity index is 547. The van der Waals surface area contributed by atoms with Gasteiger partial charge < -0.3 is 14.8 Å². The van der Waals surface area contributed by atoms with Crippen LogP contribution in [-0.4, -0.2) is 29.8 Å². The molecular formula is C15H20N2O4.